The van der Waals surface area contributed by atoms with Crippen molar-refractivity contribution in [2.75, 3.05) is 32.4 Å². The number of aromatic nitrogens is 2. The zero-order valence-electron chi connectivity index (χ0n) is 11.0. The molecule has 1 saturated heterocycles. The van der Waals surface area contributed by atoms with Gasteiger partial charge in [0.1, 0.15) is 11.4 Å². The van der Waals surface area contributed by atoms with E-state index in [1.807, 2.05) is 0 Å². The van der Waals surface area contributed by atoms with E-state index in [4.69, 9.17) is 5.73 Å². The van der Waals surface area contributed by atoms with Gasteiger partial charge in [-0.05, 0) is 32.4 Å². The predicted molar refractivity (Wildman–Crippen MR) is 70.2 cm³/mol. The lowest BCUT2D eigenvalue weighted by molar-refractivity contribution is 0.0937. The molecule has 1 aliphatic rings. The van der Waals surface area contributed by atoms with Crippen molar-refractivity contribution in [1.29, 1.82) is 0 Å². The van der Waals surface area contributed by atoms with Crippen molar-refractivity contribution < 1.29 is 4.79 Å². The molecule has 2 heterocycles. The van der Waals surface area contributed by atoms with E-state index in [9.17, 15) is 4.79 Å². The minimum Gasteiger partial charge on any atom is -0.383 e. The zero-order chi connectivity index (χ0) is 13.1. The number of rotatable bonds is 3. The van der Waals surface area contributed by atoms with E-state index in [2.05, 4.69) is 22.4 Å². The largest absolute Gasteiger partial charge is 0.383 e. The van der Waals surface area contributed by atoms with Gasteiger partial charge in [0.15, 0.2) is 0 Å². The Bertz CT molecular complexity index is 428. The topological polar surface area (TPSA) is 76.2 Å². The minimum absolute atomic E-state index is 0.131. The molecular formula is C12H21N5O. The Morgan fingerprint density at radius 2 is 2.39 bits per heavy atom. The summed E-state index contributed by atoms with van der Waals surface area (Å²) < 4.78 is 1.50. The number of nitrogens with one attached hydrogen (secondary N) is 1. The SMILES string of the molecule is CN1CCCC(CNC(=O)c2cnn(C)c2N)C1. The van der Waals surface area contributed by atoms with Crippen LogP contribution < -0.4 is 11.1 Å². The van der Waals surface area contributed by atoms with Crippen molar-refractivity contribution in [2.24, 2.45) is 13.0 Å². The zero-order valence-corrected chi connectivity index (χ0v) is 11.0. The summed E-state index contributed by atoms with van der Waals surface area (Å²) in [7, 11) is 3.84. The molecule has 3 N–H and O–H groups in total. The van der Waals surface area contributed by atoms with Gasteiger partial charge in [-0.25, -0.2) is 0 Å². The van der Waals surface area contributed by atoms with Crippen molar-refractivity contribution in [3.8, 4) is 0 Å². The molecular weight excluding hydrogens is 230 g/mol. The minimum atomic E-state index is -0.131. The lowest BCUT2D eigenvalue weighted by Gasteiger charge is -2.29. The first kappa shape index (κ1) is 12.9. The van der Waals surface area contributed by atoms with Gasteiger partial charge in [0.2, 0.25) is 0 Å². The summed E-state index contributed by atoms with van der Waals surface area (Å²) in [6.07, 6.45) is 3.89. The first-order chi connectivity index (χ1) is 8.58. The lowest BCUT2D eigenvalue weighted by atomic mass is 9.98. The number of aryl methyl sites for hydroxylation is 1. The molecule has 1 aromatic heterocycles. The number of likely N-dealkylation sites (tertiary alicyclic amines) is 1. The molecule has 1 unspecified atom stereocenters. The van der Waals surface area contributed by atoms with Crippen LogP contribution in [0.2, 0.25) is 0 Å². The molecule has 18 heavy (non-hydrogen) atoms. The van der Waals surface area contributed by atoms with E-state index < -0.39 is 0 Å². The monoisotopic (exact) mass is 251 g/mol. The number of amides is 1. The highest BCUT2D eigenvalue weighted by Crippen LogP contribution is 2.14. The number of hydrogen-bond acceptors (Lipinski definition) is 4. The van der Waals surface area contributed by atoms with Crippen LogP contribution in [-0.4, -0.2) is 47.3 Å². The van der Waals surface area contributed by atoms with Crippen LogP contribution in [0.3, 0.4) is 0 Å². The van der Waals surface area contributed by atoms with Gasteiger partial charge in [-0.1, -0.05) is 0 Å². The fraction of sp³-hybridized carbons (Fsp3) is 0.667. The van der Waals surface area contributed by atoms with Gasteiger partial charge in [0.25, 0.3) is 5.91 Å². The number of carbonyl (C=O) groups is 1. The summed E-state index contributed by atoms with van der Waals surface area (Å²) in [5.41, 5.74) is 6.23. The molecule has 6 nitrogen and oxygen atoms in total. The number of nitrogens with two attached hydrogens (primary N) is 1. The van der Waals surface area contributed by atoms with Gasteiger partial charge in [0, 0.05) is 20.1 Å². The van der Waals surface area contributed by atoms with Crippen LogP contribution >= 0.6 is 0 Å². The summed E-state index contributed by atoms with van der Waals surface area (Å²) in [6, 6.07) is 0. The first-order valence-corrected chi connectivity index (χ1v) is 6.32. The molecule has 1 amide bonds. The Morgan fingerprint density at radius 3 is 3.00 bits per heavy atom. The maximum Gasteiger partial charge on any atom is 0.256 e. The highest BCUT2D eigenvalue weighted by atomic mass is 16.1. The first-order valence-electron chi connectivity index (χ1n) is 6.32. The van der Waals surface area contributed by atoms with Crippen molar-refractivity contribution in [1.82, 2.24) is 20.0 Å². The molecule has 1 aromatic rings. The van der Waals surface area contributed by atoms with E-state index in [-0.39, 0.29) is 5.91 Å². The smallest absolute Gasteiger partial charge is 0.256 e. The van der Waals surface area contributed by atoms with Gasteiger partial charge in [-0.15, -0.1) is 0 Å². The number of anilines is 1. The molecule has 0 radical (unpaired) electrons. The molecule has 1 aliphatic heterocycles. The van der Waals surface area contributed by atoms with Crippen LogP contribution in [-0.2, 0) is 7.05 Å². The number of hydrogen-bond donors (Lipinski definition) is 2. The third-order valence-electron chi connectivity index (χ3n) is 3.50. The van der Waals surface area contributed by atoms with E-state index in [0.717, 1.165) is 13.1 Å². The molecule has 0 aromatic carbocycles. The van der Waals surface area contributed by atoms with Gasteiger partial charge in [0.05, 0.1) is 6.20 Å². The summed E-state index contributed by atoms with van der Waals surface area (Å²) in [6.45, 7) is 2.90. The van der Waals surface area contributed by atoms with Crippen LogP contribution in [0.5, 0.6) is 0 Å². The van der Waals surface area contributed by atoms with E-state index >= 15 is 0 Å². The molecule has 0 aliphatic carbocycles. The second-order valence-corrected chi connectivity index (χ2v) is 5.05. The molecule has 0 spiro atoms. The fourth-order valence-corrected chi connectivity index (χ4v) is 2.39. The Morgan fingerprint density at radius 1 is 1.61 bits per heavy atom. The van der Waals surface area contributed by atoms with Crippen LogP contribution in [0.1, 0.15) is 23.2 Å². The van der Waals surface area contributed by atoms with Gasteiger partial charge in [-0.3, -0.25) is 9.48 Å². The van der Waals surface area contributed by atoms with E-state index in [1.165, 1.54) is 23.7 Å². The number of piperidine rings is 1. The molecule has 0 bridgehead atoms. The Hall–Kier alpha value is -1.56. The summed E-state index contributed by atoms with van der Waals surface area (Å²) in [4.78, 5) is 14.2. The number of nitrogen functional groups attached to an aromatic ring is 1. The maximum absolute atomic E-state index is 11.9. The normalized spacial score (nSPS) is 20.9. The van der Waals surface area contributed by atoms with Crippen LogP contribution in [0, 0.1) is 5.92 Å². The quantitative estimate of drug-likeness (QED) is 0.797. The van der Waals surface area contributed by atoms with Gasteiger partial charge in [-0.2, -0.15) is 5.10 Å². The predicted octanol–water partition coefficient (Wildman–Crippen LogP) is 0.0739. The number of carbonyl (C=O) groups excluding carboxylic acids is 1. The Balaban J connectivity index is 1.86. The standard InChI is InChI=1S/C12H21N5O/c1-16-5-3-4-9(8-16)6-14-12(18)10-7-15-17(2)11(10)13/h7,9H,3-6,8,13H2,1-2H3,(H,14,18). The second kappa shape index (κ2) is 5.39. The average molecular weight is 251 g/mol. The second-order valence-electron chi connectivity index (χ2n) is 5.05. The molecule has 0 saturated carbocycles. The Kier molecular flexibility index (Phi) is 3.86. The molecule has 1 fully saturated rings. The average Bonchev–Trinajstić information content (AvgIpc) is 2.67. The van der Waals surface area contributed by atoms with E-state index in [1.54, 1.807) is 7.05 Å². The van der Waals surface area contributed by atoms with Crippen LogP contribution in [0.4, 0.5) is 5.82 Å². The third kappa shape index (κ3) is 2.81. The summed E-state index contributed by atoms with van der Waals surface area (Å²) in [5.74, 6) is 0.813. The van der Waals surface area contributed by atoms with Crippen molar-refractivity contribution in [2.45, 2.75) is 12.8 Å². The fourth-order valence-electron chi connectivity index (χ4n) is 2.39. The molecule has 2 rings (SSSR count). The highest BCUT2D eigenvalue weighted by Gasteiger charge is 2.19. The van der Waals surface area contributed by atoms with Crippen molar-refractivity contribution in [3.63, 3.8) is 0 Å². The van der Waals surface area contributed by atoms with Gasteiger partial charge >= 0.3 is 0 Å². The van der Waals surface area contributed by atoms with Gasteiger partial charge < -0.3 is 16.0 Å². The number of nitrogens with zero attached hydrogens (tertiary/aromatic N) is 3. The maximum atomic E-state index is 11.9. The van der Waals surface area contributed by atoms with Crippen LogP contribution in [0.15, 0.2) is 6.20 Å². The lowest BCUT2D eigenvalue weighted by Crippen LogP contribution is -2.39. The van der Waals surface area contributed by atoms with Crippen molar-refractivity contribution >= 4 is 11.7 Å². The molecule has 6 heteroatoms. The van der Waals surface area contributed by atoms with E-state index in [0.29, 0.717) is 23.8 Å². The molecule has 1 atom stereocenters. The molecule has 100 valence electrons. The third-order valence-corrected chi connectivity index (χ3v) is 3.50. The summed E-state index contributed by atoms with van der Waals surface area (Å²) >= 11 is 0. The summed E-state index contributed by atoms with van der Waals surface area (Å²) in [5, 5.41) is 6.91. The highest BCUT2D eigenvalue weighted by molar-refractivity contribution is 5.98. The van der Waals surface area contributed by atoms with Crippen LogP contribution in [0.25, 0.3) is 0 Å². The Labute approximate surface area is 107 Å². The van der Waals surface area contributed by atoms with Crippen molar-refractivity contribution in [3.05, 3.63) is 11.8 Å².